The Bertz CT molecular complexity index is 512. The SMILES string of the molecule is O=C(O)[C@H]1CC=CC[C@H]1C(=O)NCc1ccc(Br)s1. The van der Waals surface area contributed by atoms with Gasteiger partial charge in [-0.15, -0.1) is 11.3 Å². The van der Waals surface area contributed by atoms with Crippen molar-refractivity contribution < 1.29 is 14.7 Å². The zero-order chi connectivity index (χ0) is 13.8. The molecule has 0 spiro atoms. The van der Waals surface area contributed by atoms with E-state index in [1.807, 2.05) is 24.3 Å². The molecule has 0 radical (unpaired) electrons. The van der Waals surface area contributed by atoms with Crippen LogP contribution in [0.2, 0.25) is 0 Å². The van der Waals surface area contributed by atoms with Crippen molar-refractivity contribution in [2.75, 3.05) is 0 Å². The number of amides is 1. The molecule has 0 fully saturated rings. The van der Waals surface area contributed by atoms with Crippen LogP contribution in [0.15, 0.2) is 28.1 Å². The van der Waals surface area contributed by atoms with E-state index in [1.54, 1.807) is 11.3 Å². The van der Waals surface area contributed by atoms with Crippen LogP contribution in [0.4, 0.5) is 0 Å². The van der Waals surface area contributed by atoms with E-state index >= 15 is 0 Å². The standard InChI is InChI=1S/C13H14BrNO3S/c14-11-6-5-8(19-11)7-15-12(16)9-3-1-2-4-10(9)13(17)18/h1-2,5-6,9-10H,3-4,7H2,(H,15,16)(H,17,18)/t9-,10+/m1/s1. The van der Waals surface area contributed by atoms with Crippen LogP contribution in [-0.2, 0) is 16.1 Å². The number of carboxylic acids is 1. The van der Waals surface area contributed by atoms with Gasteiger partial charge in [-0.1, -0.05) is 12.2 Å². The Morgan fingerprint density at radius 1 is 1.32 bits per heavy atom. The predicted molar refractivity (Wildman–Crippen MR) is 76.9 cm³/mol. The first-order valence-electron chi connectivity index (χ1n) is 5.97. The van der Waals surface area contributed by atoms with Crippen LogP contribution >= 0.6 is 27.3 Å². The summed E-state index contributed by atoms with van der Waals surface area (Å²) >= 11 is 4.92. The molecule has 2 atom stereocenters. The molecule has 2 N–H and O–H groups in total. The number of carbonyl (C=O) groups excluding carboxylic acids is 1. The average molecular weight is 344 g/mol. The second-order valence-corrected chi connectivity index (χ2v) is 6.97. The Hall–Kier alpha value is -1.14. The molecule has 0 aliphatic heterocycles. The summed E-state index contributed by atoms with van der Waals surface area (Å²) in [6, 6.07) is 3.86. The number of allylic oxidation sites excluding steroid dienone is 2. The molecule has 6 heteroatoms. The minimum Gasteiger partial charge on any atom is -0.481 e. The van der Waals surface area contributed by atoms with Gasteiger partial charge >= 0.3 is 5.97 Å². The van der Waals surface area contributed by atoms with Crippen molar-refractivity contribution in [3.63, 3.8) is 0 Å². The second-order valence-electron chi connectivity index (χ2n) is 4.42. The van der Waals surface area contributed by atoms with Crippen molar-refractivity contribution in [1.29, 1.82) is 0 Å². The molecule has 102 valence electrons. The van der Waals surface area contributed by atoms with Crippen molar-refractivity contribution in [3.8, 4) is 0 Å². The maximum Gasteiger partial charge on any atom is 0.307 e. The molecule has 1 aliphatic carbocycles. The molecule has 0 saturated carbocycles. The first kappa shape index (κ1) is 14.3. The smallest absolute Gasteiger partial charge is 0.307 e. The molecule has 0 aromatic carbocycles. The average Bonchev–Trinajstić information content (AvgIpc) is 2.81. The third-order valence-electron chi connectivity index (χ3n) is 3.15. The highest BCUT2D eigenvalue weighted by Crippen LogP contribution is 2.26. The number of aliphatic carboxylic acids is 1. The van der Waals surface area contributed by atoms with E-state index in [9.17, 15) is 9.59 Å². The molecule has 1 amide bonds. The number of nitrogens with one attached hydrogen (secondary N) is 1. The van der Waals surface area contributed by atoms with Crippen molar-refractivity contribution in [2.24, 2.45) is 11.8 Å². The minimum absolute atomic E-state index is 0.179. The molecule has 0 bridgehead atoms. The number of hydrogen-bond donors (Lipinski definition) is 2. The van der Waals surface area contributed by atoms with E-state index in [4.69, 9.17) is 5.11 Å². The van der Waals surface area contributed by atoms with E-state index in [0.717, 1.165) is 8.66 Å². The van der Waals surface area contributed by atoms with Gasteiger partial charge < -0.3 is 10.4 Å². The summed E-state index contributed by atoms with van der Waals surface area (Å²) in [7, 11) is 0. The summed E-state index contributed by atoms with van der Waals surface area (Å²) in [5, 5.41) is 11.9. The van der Waals surface area contributed by atoms with Crippen LogP contribution in [0.3, 0.4) is 0 Å². The van der Waals surface area contributed by atoms with Crippen molar-refractivity contribution >= 4 is 39.1 Å². The summed E-state index contributed by atoms with van der Waals surface area (Å²) in [6.45, 7) is 0.446. The van der Waals surface area contributed by atoms with E-state index < -0.39 is 17.8 Å². The quantitative estimate of drug-likeness (QED) is 0.826. The van der Waals surface area contributed by atoms with Crippen LogP contribution < -0.4 is 5.32 Å². The van der Waals surface area contributed by atoms with E-state index in [1.165, 1.54) is 0 Å². The number of thiophene rings is 1. The minimum atomic E-state index is -0.900. The zero-order valence-electron chi connectivity index (χ0n) is 10.1. The molecule has 4 nitrogen and oxygen atoms in total. The first-order chi connectivity index (χ1) is 9.08. The fourth-order valence-corrected chi connectivity index (χ4v) is 3.55. The van der Waals surface area contributed by atoms with Crippen LogP contribution in [0.5, 0.6) is 0 Å². The van der Waals surface area contributed by atoms with Gasteiger partial charge in [0.2, 0.25) is 5.91 Å². The van der Waals surface area contributed by atoms with Gasteiger partial charge in [0.05, 0.1) is 22.2 Å². The third-order valence-corrected chi connectivity index (χ3v) is 4.78. The molecule has 0 unspecified atom stereocenters. The van der Waals surface area contributed by atoms with Gasteiger partial charge in [-0.3, -0.25) is 9.59 Å². The van der Waals surface area contributed by atoms with Gasteiger partial charge in [-0.25, -0.2) is 0 Å². The van der Waals surface area contributed by atoms with Crippen molar-refractivity contribution in [2.45, 2.75) is 19.4 Å². The molecule has 19 heavy (non-hydrogen) atoms. The topological polar surface area (TPSA) is 66.4 Å². The number of carbonyl (C=O) groups is 2. The van der Waals surface area contributed by atoms with Gasteiger partial charge in [0.1, 0.15) is 0 Å². The number of halogens is 1. The molecule has 1 heterocycles. The van der Waals surface area contributed by atoms with Gasteiger partial charge in [-0.2, -0.15) is 0 Å². The zero-order valence-corrected chi connectivity index (χ0v) is 12.5. The van der Waals surface area contributed by atoms with Gasteiger partial charge in [0.15, 0.2) is 0 Å². The lowest BCUT2D eigenvalue weighted by Crippen LogP contribution is -2.38. The highest BCUT2D eigenvalue weighted by atomic mass is 79.9. The first-order valence-corrected chi connectivity index (χ1v) is 7.58. The second kappa shape index (κ2) is 6.34. The largest absolute Gasteiger partial charge is 0.481 e. The molecule has 1 aliphatic rings. The van der Waals surface area contributed by atoms with Gasteiger partial charge in [0, 0.05) is 4.88 Å². The predicted octanol–water partition coefficient (Wildman–Crippen LogP) is 2.79. The highest BCUT2D eigenvalue weighted by Gasteiger charge is 2.33. The number of rotatable bonds is 4. The van der Waals surface area contributed by atoms with Gasteiger partial charge in [-0.05, 0) is 40.9 Å². The Morgan fingerprint density at radius 3 is 2.58 bits per heavy atom. The normalized spacial score (nSPS) is 22.2. The van der Waals surface area contributed by atoms with Crippen LogP contribution in [-0.4, -0.2) is 17.0 Å². The Kier molecular flexibility index (Phi) is 4.76. The summed E-state index contributed by atoms with van der Waals surface area (Å²) in [4.78, 5) is 24.2. The fourth-order valence-electron chi connectivity index (χ4n) is 2.13. The third kappa shape index (κ3) is 3.67. The lowest BCUT2D eigenvalue weighted by atomic mass is 9.82. The van der Waals surface area contributed by atoms with Crippen molar-refractivity contribution in [3.05, 3.63) is 32.9 Å². The number of hydrogen-bond acceptors (Lipinski definition) is 3. The van der Waals surface area contributed by atoms with E-state index in [-0.39, 0.29) is 5.91 Å². The maximum atomic E-state index is 12.1. The molecule has 0 saturated heterocycles. The molecular formula is C13H14BrNO3S. The summed E-state index contributed by atoms with van der Waals surface area (Å²) in [5.41, 5.74) is 0. The molecule has 1 aromatic heterocycles. The molecule has 2 rings (SSSR count). The maximum absolute atomic E-state index is 12.1. The lowest BCUT2D eigenvalue weighted by Gasteiger charge is -2.24. The van der Waals surface area contributed by atoms with Crippen molar-refractivity contribution in [1.82, 2.24) is 5.32 Å². The fraction of sp³-hybridized carbons (Fsp3) is 0.385. The Balaban J connectivity index is 1.95. The summed E-state index contributed by atoms with van der Waals surface area (Å²) < 4.78 is 1.01. The molecule has 1 aromatic rings. The van der Waals surface area contributed by atoms with Crippen LogP contribution in [0.1, 0.15) is 17.7 Å². The monoisotopic (exact) mass is 343 g/mol. The van der Waals surface area contributed by atoms with Crippen LogP contribution in [0.25, 0.3) is 0 Å². The highest BCUT2D eigenvalue weighted by molar-refractivity contribution is 9.11. The van der Waals surface area contributed by atoms with Gasteiger partial charge in [0.25, 0.3) is 0 Å². The Labute approximate surface area is 123 Å². The van der Waals surface area contributed by atoms with Crippen LogP contribution in [0, 0.1) is 11.8 Å². The number of carboxylic acid groups (broad SMARTS) is 1. The Morgan fingerprint density at radius 2 is 2.00 bits per heavy atom. The van der Waals surface area contributed by atoms with E-state index in [2.05, 4.69) is 21.2 Å². The summed E-state index contributed by atoms with van der Waals surface area (Å²) in [5.74, 6) is -2.16. The summed E-state index contributed by atoms with van der Waals surface area (Å²) in [6.07, 6.45) is 4.64. The van der Waals surface area contributed by atoms with E-state index in [0.29, 0.717) is 19.4 Å². The lowest BCUT2D eigenvalue weighted by molar-refractivity contribution is -0.147. The molecular weight excluding hydrogens is 330 g/mol.